The summed E-state index contributed by atoms with van der Waals surface area (Å²) in [5, 5.41) is 2.97. The first kappa shape index (κ1) is 14.7. The van der Waals surface area contributed by atoms with E-state index in [1.54, 1.807) is 0 Å². The van der Waals surface area contributed by atoms with Crippen LogP contribution in [0.1, 0.15) is 30.1 Å². The number of hydrogen-bond acceptors (Lipinski definition) is 4. The molecule has 0 bridgehead atoms. The van der Waals surface area contributed by atoms with Gasteiger partial charge in [-0.3, -0.25) is 0 Å². The normalized spacial score (nSPS) is 17.4. The zero-order chi connectivity index (χ0) is 14.9. The third-order valence-electron chi connectivity index (χ3n) is 3.81. The van der Waals surface area contributed by atoms with Gasteiger partial charge in [-0.15, -0.1) is 0 Å². The molecule has 1 atom stereocenters. The minimum Gasteiger partial charge on any atom is -0.465 e. The Bertz CT molecular complexity index is 532. The van der Waals surface area contributed by atoms with Gasteiger partial charge in [0.25, 0.3) is 0 Å². The highest BCUT2D eigenvalue weighted by Crippen LogP contribution is 2.41. The quantitative estimate of drug-likeness (QED) is 0.814. The van der Waals surface area contributed by atoms with Gasteiger partial charge < -0.3 is 15.8 Å². The Balaban J connectivity index is 2.29. The molecule has 20 heavy (non-hydrogen) atoms. The highest BCUT2D eigenvalue weighted by Gasteiger charge is 2.41. The summed E-state index contributed by atoms with van der Waals surface area (Å²) in [6, 6.07) is 2.54. The number of halogens is 2. The molecular weight excluding hydrogens is 266 g/mol. The van der Waals surface area contributed by atoms with E-state index in [4.69, 9.17) is 5.73 Å². The minimum absolute atomic E-state index is 0.00926. The summed E-state index contributed by atoms with van der Waals surface area (Å²) in [4.78, 5) is 11.3. The van der Waals surface area contributed by atoms with Crippen LogP contribution in [0.2, 0.25) is 0 Å². The number of esters is 1. The van der Waals surface area contributed by atoms with E-state index in [-0.39, 0.29) is 5.69 Å². The van der Waals surface area contributed by atoms with Crippen molar-refractivity contribution < 1.29 is 18.3 Å². The largest absolute Gasteiger partial charge is 0.465 e. The van der Waals surface area contributed by atoms with Crippen molar-refractivity contribution in [2.45, 2.75) is 25.3 Å². The number of carbonyl (C=O) groups excluding carboxylic acids is 1. The van der Waals surface area contributed by atoms with Crippen LogP contribution in [0.15, 0.2) is 12.1 Å². The SMILES string of the molecule is COC(=O)c1ccc(NC(C)(CN)C2CC2)c(F)c1F. The number of benzene rings is 1. The molecule has 1 fully saturated rings. The van der Waals surface area contributed by atoms with Gasteiger partial charge in [-0.1, -0.05) is 0 Å². The minimum atomic E-state index is -1.21. The summed E-state index contributed by atoms with van der Waals surface area (Å²) in [6.07, 6.45) is 2.04. The van der Waals surface area contributed by atoms with Crippen molar-refractivity contribution in [1.82, 2.24) is 0 Å². The van der Waals surface area contributed by atoms with Crippen LogP contribution < -0.4 is 11.1 Å². The number of methoxy groups -OCH3 is 1. The van der Waals surface area contributed by atoms with E-state index in [1.165, 1.54) is 12.1 Å². The first-order chi connectivity index (χ1) is 9.42. The molecule has 1 aliphatic rings. The van der Waals surface area contributed by atoms with Gasteiger partial charge in [-0.05, 0) is 37.8 Å². The second-order valence-electron chi connectivity index (χ2n) is 5.30. The van der Waals surface area contributed by atoms with E-state index in [0.717, 1.165) is 20.0 Å². The van der Waals surface area contributed by atoms with Crippen LogP contribution in [-0.4, -0.2) is 25.2 Å². The average Bonchev–Trinajstić information content (AvgIpc) is 3.28. The Morgan fingerprint density at radius 1 is 1.45 bits per heavy atom. The smallest absolute Gasteiger partial charge is 0.340 e. The fourth-order valence-electron chi connectivity index (χ4n) is 2.26. The lowest BCUT2D eigenvalue weighted by Gasteiger charge is -2.31. The van der Waals surface area contributed by atoms with Crippen molar-refractivity contribution >= 4 is 11.7 Å². The van der Waals surface area contributed by atoms with Crippen LogP contribution in [0, 0.1) is 17.6 Å². The highest BCUT2D eigenvalue weighted by molar-refractivity contribution is 5.90. The van der Waals surface area contributed by atoms with Crippen LogP contribution in [0.5, 0.6) is 0 Å². The standard InChI is InChI=1S/C14H18F2N2O2/c1-14(7-17,8-3-4-8)18-10-6-5-9(13(19)20-2)11(15)12(10)16/h5-6,8,18H,3-4,7,17H2,1-2H3. The topological polar surface area (TPSA) is 64.3 Å². The molecule has 1 aromatic rings. The molecule has 0 radical (unpaired) electrons. The number of nitrogens with two attached hydrogens (primary N) is 1. The molecular formula is C14H18F2N2O2. The molecule has 1 saturated carbocycles. The van der Waals surface area contributed by atoms with Crippen molar-refractivity contribution in [1.29, 1.82) is 0 Å². The van der Waals surface area contributed by atoms with E-state index in [2.05, 4.69) is 10.1 Å². The molecule has 0 spiro atoms. The predicted octanol–water partition coefficient (Wildman–Crippen LogP) is 2.29. The number of carbonyl (C=O) groups is 1. The molecule has 6 heteroatoms. The van der Waals surface area contributed by atoms with E-state index >= 15 is 0 Å². The Kier molecular flexibility index (Phi) is 3.94. The van der Waals surface area contributed by atoms with Gasteiger partial charge in [-0.25, -0.2) is 13.6 Å². The molecule has 0 heterocycles. The van der Waals surface area contributed by atoms with Gasteiger partial charge in [0.15, 0.2) is 11.6 Å². The second-order valence-corrected chi connectivity index (χ2v) is 5.30. The van der Waals surface area contributed by atoms with Gasteiger partial charge in [-0.2, -0.15) is 0 Å². The number of nitrogens with one attached hydrogen (secondary N) is 1. The van der Waals surface area contributed by atoms with Crippen LogP contribution >= 0.6 is 0 Å². The first-order valence-corrected chi connectivity index (χ1v) is 6.47. The van der Waals surface area contributed by atoms with Crippen molar-refractivity contribution in [2.75, 3.05) is 19.0 Å². The van der Waals surface area contributed by atoms with E-state index in [0.29, 0.717) is 12.5 Å². The molecule has 110 valence electrons. The molecule has 1 aromatic carbocycles. The van der Waals surface area contributed by atoms with Crippen LogP contribution in [0.4, 0.5) is 14.5 Å². The third kappa shape index (κ3) is 2.60. The maximum absolute atomic E-state index is 14.0. The van der Waals surface area contributed by atoms with Crippen molar-refractivity contribution in [2.24, 2.45) is 11.7 Å². The summed E-state index contributed by atoms with van der Waals surface area (Å²) >= 11 is 0. The molecule has 0 saturated heterocycles. The summed E-state index contributed by atoms with van der Waals surface area (Å²) in [7, 11) is 1.12. The third-order valence-corrected chi connectivity index (χ3v) is 3.81. The number of hydrogen-bond donors (Lipinski definition) is 2. The molecule has 2 rings (SSSR count). The monoisotopic (exact) mass is 284 g/mol. The molecule has 0 aliphatic heterocycles. The number of ether oxygens (including phenoxy) is 1. The molecule has 1 aliphatic carbocycles. The number of rotatable bonds is 5. The molecule has 0 aromatic heterocycles. The zero-order valence-electron chi connectivity index (χ0n) is 11.5. The lowest BCUT2D eigenvalue weighted by Crippen LogP contribution is -2.45. The van der Waals surface area contributed by atoms with Gasteiger partial charge in [0, 0.05) is 12.1 Å². The fraction of sp³-hybridized carbons (Fsp3) is 0.500. The predicted molar refractivity (Wildman–Crippen MR) is 71.5 cm³/mol. The van der Waals surface area contributed by atoms with Gasteiger partial charge in [0.2, 0.25) is 0 Å². The summed E-state index contributed by atoms with van der Waals surface area (Å²) < 4.78 is 32.3. The van der Waals surface area contributed by atoms with Crippen molar-refractivity contribution in [3.8, 4) is 0 Å². The fourth-order valence-corrected chi connectivity index (χ4v) is 2.26. The van der Waals surface area contributed by atoms with E-state index in [9.17, 15) is 13.6 Å². The Labute approximate surface area is 116 Å². The Hall–Kier alpha value is -1.69. The van der Waals surface area contributed by atoms with Gasteiger partial charge in [0.1, 0.15) is 0 Å². The second kappa shape index (κ2) is 5.36. The zero-order valence-corrected chi connectivity index (χ0v) is 11.5. The molecule has 3 N–H and O–H groups in total. The summed E-state index contributed by atoms with van der Waals surface area (Å²) in [5.74, 6) is -2.85. The highest BCUT2D eigenvalue weighted by atomic mass is 19.2. The maximum atomic E-state index is 14.0. The van der Waals surface area contributed by atoms with Crippen LogP contribution in [-0.2, 0) is 4.74 Å². The van der Waals surface area contributed by atoms with Crippen LogP contribution in [0.25, 0.3) is 0 Å². The Morgan fingerprint density at radius 3 is 2.60 bits per heavy atom. The summed E-state index contributed by atoms with van der Waals surface area (Å²) in [5.41, 5.74) is 4.85. The lowest BCUT2D eigenvalue weighted by molar-refractivity contribution is 0.0594. The van der Waals surface area contributed by atoms with Crippen molar-refractivity contribution in [3.63, 3.8) is 0 Å². The molecule has 1 unspecified atom stereocenters. The molecule has 4 nitrogen and oxygen atoms in total. The molecule has 0 amide bonds. The van der Waals surface area contributed by atoms with Crippen LogP contribution in [0.3, 0.4) is 0 Å². The number of anilines is 1. The average molecular weight is 284 g/mol. The van der Waals surface area contributed by atoms with E-state index in [1.807, 2.05) is 6.92 Å². The lowest BCUT2D eigenvalue weighted by atomic mass is 9.95. The summed E-state index contributed by atoms with van der Waals surface area (Å²) in [6.45, 7) is 2.20. The Morgan fingerprint density at radius 2 is 2.10 bits per heavy atom. The maximum Gasteiger partial charge on any atom is 0.340 e. The van der Waals surface area contributed by atoms with E-state index < -0.39 is 28.7 Å². The van der Waals surface area contributed by atoms with Gasteiger partial charge in [0.05, 0.1) is 18.4 Å². The van der Waals surface area contributed by atoms with Crippen molar-refractivity contribution in [3.05, 3.63) is 29.3 Å². The van der Waals surface area contributed by atoms with Gasteiger partial charge >= 0.3 is 5.97 Å². The first-order valence-electron chi connectivity index (χ1n) is 6.47.